The predicted octanol–water partition coefficient (Wildman–Crippen LogP) is 4.61. The second-order valence-corrected chi connectivity index (χ2v) is 8.77. The van der Waals surface area contributed by atoms with Crippen LogP contribution in [0, 0.1) is 0 Å². The van der Waals surface area contributed by atoms with Gasteiger partial charge in [-0.25, -0.2) is 0 Å². The number of ether oxygens (including phenoxy) is 1. The van der Waals surface area contributed by atoms with Crippen LogP contribution in [0.25, 0.3) is 10.2 Å². The molecule has 0 radical (unpaired) electrons. The molecule has 0 saturated carbocycles. The summed E-state index contributed by atoms with van der Waals surface area (Å²) in [5.74, 6) is -1.02. The molecule has 0 N–H and O–H groups in total. The van der Waals surface area contributed by atoms with Gasteiger partial charge < -0.3 is 9.30 Å². The molecule has 4 aromatic rings. The first kappa shape index (κ1) is 21.9. The van der Waals surface area contributed by atoms with E-state index in [-0.39, 0.29) is 12.3 Å². The minimum absolute atomic E-state index is 0.0608. The van der Waals surface area contributed by atoms with E-state index in [1.165, 1.54) is 18.4 Å². The summed E-state index contributed by atoms with van der Waals surface area (Å²) in [7, 11) is 1.31. The average molecular weight is 509 g/mol. The number of halogens is 1. The zero-order valence-electron chi connectivity index (χ0n) is 16.9. The smallest absolute Gasteiger partial charge is 0.325 e. The number of carbonyl (C=O) groups is 3. The number of ketones is 1. The molecule has 4 rings (SSSR count). The lowest BCUT2D eigenvalue weighted by Gasteiger charge is -2.04. The van der Waals surface area contributed by atoms with Gasteiger partial charge in [0.2, 0.25) is 0 Å². The van der Waals surface area contributed by atoms with Crippen molar-refractivity contribution in [2.45, 2.75) is 6.54 Å². The van der Waals surface area contributed by atoms with Gasteiger partial charge in [-0.2, -0.15) is 4.99 Å². The van der Waals surface area contributed by atoms with Crippen molar-refractivity contribution in [1.82, 2.24) is 4.57 Å². The van der Waals surface area contributed by atoms with E-state index in [0.717, 1.165) is 14.7 Å². The number of nitrogens with zero attached hydrogens (tertiary/aromatic N) is 2. The zero-order valence-corrected chi connectivity index (χ0v) is 19.4. The molecule has 1 amide bonds. The van der Waals surface area contributed by atoms with Crippen molar-refractivity contribution in [3.63, 3.8) is 0 Å². The summed E-state index contributed by atoms with van der Waals surface area (Å²) in [6.45, 7) is -0.0608. The minimum atomic E-state index is -0.465. The van der Waals surface area contributed by atoms with Gasteiger partial charge in [-0.15, -0.1) is 0 Å². The third-order valence-electron chi connectivity index (χ3n) is 4.79. The summed E-state index contributed by atoms with van der Waals surface area (Å²) in [6.07, 6.45) is 0. The summed E-state index contributed by atoms with van der Waals surface area (Å²) >= 11 is 4.74. The average Bonchev–Trinajstić information content (AvgIpc) is 3.14. The van der Waals surface area contributed by atoms with Crippen LogP contribution in [0.3, 0.4) is 0 Å². The van der Waals surface area contributed by atoms with Crippen LogP contribution < -0.4 is 4.80 Å². The third-order valence-corrected chi connectivity index (χ3v) is 6.32. The van der Waals surface area contributed by atoms with Crippen LogP contribution in [-0.2, 0) is 16.1 Å². The summed E-state index contributed by atoms with van der Waals surface area (Å²) < 4.78 is 8.20. The topological polar surface area (TPSA) is 77.7 Å². The molecule has 8 heteroatoms. The van der Waals surface area contributed by atoms with Crippen molar-refractivity contribution < 1.29 is 19.1 Å². The lowest BCUT2D eigenvalue weighted by Crippen LogP contribution is -2.22. The van der Waals surface area contributed by atoms with Gasteiger partial charge in [-0.1, -0.05) is 69.7 Å². The van der Waals surface area contributed by atoms with Crippen LogP contribution in [0.15, 0.2) is 82.3 Å². The van der Waals surface area contributed by atoms with Gasteiger partial charge in [0.15, 0.2) is 10.6 Å². The van der Waals surface area contributed by atoms with E-state index in [9.17, 15) is 14.4 Å². The standard InChI is InChI=1S/C24H17BrN2O4S/c1-31-21(28)14-27-19-12-11-18(25)13-20(19)32-24(27)26-23(30)17-9-7-16(8-10-17)22(29)15-5-3-2-4-6-15/h2-13H,14H2,1H3. The van der Waals surface area contributed by atoms with E-state index in [1.54, 1.807) is 53.1 Å². The van der Waals surface area contributed by atoms with Gasteiger partial charge in [-0.3, -0.25) is 14.4 Å². The fraction of sp³-hybridized carbons (Fsp3) is 0.0833. The Balaban J connectivity index is 1.68. The molecule has 160 valence electrons. The highest BCUT2D eigenvalue weighted by Gasteiger charge is 2.14. The first-order chi connectivity index (χ1) is 15.5. The second kappa shape index (κ2) is 9.42. The number of hydrogen-bond acceptors (Lipinski definition) is 5. The Hall–Kier alpha value is -3.36. The SMILES string of the molecule is COC(=O)Cn1c(=NC(=O)c2ccc(C(=O)c3ccccc3)cc2)sc2cc(Br)ccc21. The third kappa shape index (κ3) is 4.61. The maximum atomic E-state index is 12.8. The van der Waals surface area contributed by atoms with Crippen molar-refractivity contribution in [3.8, 4) is 0 Å². The molecule has 0 spiro atoms. The Morgan fingerprint density at radius 2 is 1.59 bits per heavy atom. The van der Waals surface area contributed by atoms with E-state index in [4.69, 9.17) is 4.74 Å². The summed E-state index contributed by atoms with van der Waals surface area (Å²) in [5, 5.41) is 0. The summed E-state index contributed by atoms with van der Waals surface area (Å²) in [6, 6.07) is 20.9. The van der Waals surface area contributed by atoms with E-state index in [0.29, 0.717) is 21.5 Å². The highest BCUT2D eigenvalue weighted by atomic mass is 79.9. The van der Waals surface area contributed by atoms with Crippen LogP contribution in [0.1, 0.15) is 26.3 Å². The fourth-order valence-corrected chi connectivity index (χ4v) is 4.73. The van der Waals surface area contributed by atoms with Gasteiger partial charge in [-0.05, 0) is 30.3 Å². The number of hydrogen-bond donors (Lipinski definition) is 0. The van der Waals surface area contributed by atoms with Gasteiger partial charge in [0.05, 0.1) is 17.3 Å². The fourth-order valence-electron chi connectivity index (χ4n) is 3.15. The molecule has 32 heavy (non-hydrogen) atoms. The predicted molar refractivity (Wildman–Crippen MR) is 126 cm³/mol. The van der Waals surface area contributed by atoms with E-state index < -0.39 is 11.9 Å². The maximum Gasteiger partial charge on any atom is 0.325 e. The number of methoxy groups -OCH3 is 1. The number of esters is 1. The molecule has 1 aromatic heterocycles. The van der Waals surface area contributed by atoms with Gasteiger partial charge in [0, 0.05) is 21.2 Å². The molecule has 0 bridgehead atoms. The van der Waals surface area contributed by atoms with E-state index in [1.807, 2.05) is 24.3 Å². The quantitative estimate of drug-likeness (QED) is 0.291. The molecular weight excluding hydrogens is 492 g/mol. The van der Waals surface area contributed by atoms with Crippen LogP contribution in [0.4, 0.5) is 0 Å². The molecule has 6 nitrogen and oxygen atoms in total. The number of amides is 1. The molecule has 0 unspecified atom stereocenters. The van der Waals surface area contributed by atoms with Crippen LogP contribution >= 0.6 is 27.3 Å². The molecule has 0 aliphatic heterocycles. The molecular formula is C24H17BrN2O4S. The normalized spacial score (nSPS) is 11.5. The minimum Gasteiger partial charge on any atom is -0.468 e. The molecule has 3 aromatic carbocycles. The number of aromatic nitrogens is 1. The Morgan fingerprint density at radius 3 is 2.28 bits per heavy atom. The first-order valence-electron chi connectivity index (χ1n) is 9.61. The summed E-state index contributed by atoms with van der Waals surface area (Å²) in [5.41, 5.74) is 2.19. The first-order valence-corrected chi connectivity index (χ1v) is 11.2. The van der Waals surface area contributed by atoms with E-state index in [2.05, 4.69) is 20.9 Å². The van der Waals surface area contributed by atoms with Crippen LogP contribution in [0.2, 0.25) is 0 Å². The van der Waals surface area contributed by atoms with E-state index >= 15 is 0 Å². The molecule has 0 atom stereocenters. The lowest BCUT2D eigenvalue weighted by molar-refractivity contribution is -0.141. The number of thiazole rings is 1. The van der Waals surface area contributed by atoms with Crippen molar-refractivity contribution in [2.75, 3.05) is 7.11 Å². The number of carbonyl (C=O) groups excluding carboxylic acids is 3. The Labute approximate surface area is 195 Å². The molecule has 0 aliphatic carbocycles. The van der Waals surface area contributed by atoms with Crippen LogP contribution in [0.5, 0.6) is 0 Å². The van der Waals surface area contributed by atoms with Gasteiger partial charge >= 0.3 is 5.97 Å². The Morgan fingerprint density at radius 1 is 0.938 bits per heavy atom. The molecule has 0 aliphatic rings. The van der Waals surface area contributed by atoms with Crippen molar-refractivity contribution in [1.29, 1.82) is 0 Å². The van der Waals surface area contributed by atoms with Crippen molar-refractivity contribution >= 4 is 55.1 Å². The number of rotatable bonds is 5. The zero-order chi connectivity index (χ0) is 22.7. The highest BCUT2D eigenvalue weighted by Crippen LogP contribution is 2.22. The van der Waals surface area contributed by atoms with Crippen molar-refractivity contribution in [2.24, 2.45) is 4.99 Å². The Bertz CT molecular complexity index is 1390. The largest absolute Gasteiger partial charge is 0.468 e. The Kier molecular flexibility index (Phi) is 6.43. The lowest BCUT2D eigenvalue weighted by atomic mass is 10.0. The number of fused-ring (bicyclic) bond motifs is 1. The molecule has 1 heterocycles. The van der Waals surface area contributed by atoms with Crippen LogP contribution in [-0.4, -0.2) is 29.3 Å². The maximum absolute atomic E-state index is 12.8. The molecule has 0 saturated heterocycles. The monoisotopic (exact) mass is 508 g/mol. The number of benzene rings is 3. The van der Waals surface area contributed by atoms with Gasteiger partial charge in [0.1, 0.15) is 6.54 Å². The van der Waals surface area contributed by atoms with Crippen molar-refractivity contribution in [3.05, 3.63) is 98.8 Å². The summed E-state index contributed by atoms with van der Waals surface area (Å²) in [4.78, 5) is 41.9. The second-order valence-electron chi connectivity index (χ2n) is 6.85. The van der Waals surface area contributed by atoms with Gasteiger partial charge in [0.25, 0.3) is 5.91 Å². The molecule has 0 fully saturated rings. The highest BCUT2D eigenvalue weighted by molar-refractivity contribution is 9.10.